The number of ether oxygens (including phenoxy) is 1. The average molecular weight is 463 g/mol. The number of aryl methyl sites for hydroxylation is 1. The summed E-state index contributed by atoms with van der Waals surface area (Å²) in [6.45, 7) is 4.96. The molecule has 3 heterocycles. The number of fused-ring (bicyclic) bond motifs is 3. The van der Waals surface area contributed by atoms with Crippen LogP contribution in [0.1, 0.15) is 19.7 Å². The molecule has 33 heavy (non-hydrogen) atoms. The van der Waals surface area contributed by atoms with Gasteiger partial charge in [-0.1, -0.05) is 23.9 Å². The molecule has 0 saturated heterocycles. The van der Waals surface area contributed by atoms with E-state index in [0.29, 0.717) is 46.9 Å². The van der Waals surface area contributed by atoms with Crippen molar-refractivity contribution < 1.29 is 4.74 Å². The van der Waals surface area contributed by atoms with E-state index in [0.717, 1.165) is 16.8 Å². The normalized spacial score (nSPS) is 11.5. The highest BCUT2D eigenvalue weighted by molar-refractivity contribution is 7.98. The maximum absolute atomic E-state index is 12.8. The SMILES string of the molecule is CCOc1ccc(-c2nnc(SCc3nnc4n(CC)c(=O)c5ccccc5n34)n2N)cc1. The van der Waals surface area contributed by atoms with E-state index in [4.69, 9.17) is 10.6 Å². The summed E-state index contributed by atoms with van der Waals surface area (Å²) in [6.07, 6.45) is 0. The third kappa shape index (κ3) is 3.59. The smallest absolute Gasteiger partial charge is 0.262 e. The van der Waals surface area contributed by atoms with Crippen LogP contribution >= 0.6 is 11.8 Å². The van der Waals surface area contributed by atoms with Gasteiger partial charge in [-0.05, 0) is 50.2 Å². The summed E-state index contributed by atoms with van der Waals surface area (Å²) in [5.41, 5.74) is 1.53. The molecular weight excluding hydrogens is 440 g/mol. The first kappa shape index (κ1) is 21.0. The van der Waals surface area contributed by atoms with Crippen LogP contribution in [0.2, 0.25) is 0 Å². The Balaban J connectivity index is 1.46. The topological polar surface area (TPSA) is 118 Å². The average Bonchev–Trinajstić information content (AvgIpc) is 3.42. The van der Waals surface area contributed by atoms with Crippen molar-refractivity contribution in [2.24, 2.45) is 0 Å². The summed E-state index contributed by atoms with van der Waals surface area (Å²) >= 11 is 1.40. The highest BCUT2D eigenvalue weighted by atomic mass is 32.2. The number of hydrogen-bond acceptors (Lipinski definition) is 8. The lowest BCUT2D eigenvalue weighted by Gasteiger charge is -2.09. The van der Waals surface area contributed by atoms with Gasteiger partial charge in [0.2, 0.25) is 10.9 Å². The molecule has 0 amide bonds. The number of thioether (sulfide) groups is 1. The summed E-state index contributed by atoms with van der Waals surface area (Å²) in [5, 5.41) is 18.3. The molecule has 0 atom stereocenters. The molecule has 0 unspecified atom stereocenters. The lowest BCUT2D eigenvalue weighted by molar-refractivity contribution is 0.340. The number of nitrogen functional groups attached to an aromatic ring is 1. The lowest BCUT2D eigenvalue weighted by Crippen LogP contribution is -2.22. The molecule has 2 N–H and O–H groups in total. The largest absolute Gasteiger partial charge is 0.494 e. The Kier molecular flexibility index (Phi) is 5.47. The van der Waals surface area contributed by atoms with Crippen molar-refractivity contribution in [1.29, 1.82) is 0 Å². The van der Waals surface area contributed by atoms with Crippen LogP contribution in [0.25, 0.3) is 28.1 Å². The molecule has 5 aromatic rings. The Morgan fingerprint density at radius 1 is 1.00 bits per heavy atom. The van der Waals surface area contributed by atoms with Crippen LogP contribution in [-0.2, 0) is 12.3 Å². The third-order valence-electron chi connectivity index (χ3n) is 5.31. The monoisotopic (exact) mass is 462 g/mol. The summed E-state index contributed by atoms with van der Waals surface area (Å²) in [7, 11) is 0. The summed E-state index contributed by atoms with van der Waals surface area (Å²) in [4.78, 5) is 12.8. The van der Waals surface area contributed by atoms with E-state index >= 15 is 0 Å². The standard InChI is InChI=1S/C22H22N8O2S/c1-3-28-20(31)16-7-5-6-8-17(16)29-18(24-26-21(28)29)13-33-22-27-25-19(30(22)23)14-9-11-15(12-10-14)32-4-2/h5-12H,3-4,13,23H2,1-2H3. The van der Waals surface area contributed by atoms with E-state index in [2.05, 4.69) is 20.4 Å². The highest BCUT2D eigenvalue weighted by Gasteiger charge is 2.18. The van der Waals surface area contributed by atoms with Gasteiger partial charge < -0.3 is 10.6 Å². The van der Waals surface area contributed by atoms with Gasteiger partial charge in [0.1, 0.15) is 11.6 Å². The van der Waals surface area contributed by atoms with E-state index in [1.165, 1.54) is 16.4 Å². The zero-order valence-electron chi connectivity index (χ0n) is 18.2. The first-order chi connectivity index (χ1) is 16.1. The van der Waals surface area contributed by atoms with Crippen LogP contribution in [-0.4, -0.2) is 40.6 Å². The first-order valence-corrected chi connectivity index (χ1v) is 11.5. The minimum atomic E-state index is -0.0751. The van der Waals surface area contributed by atoms with Gasteiger partial charge in [0.25, 0.3) is 5.56 Å². The van der Waals surface area contributed by atoms with Crippen LogP contribution in [0.3, 0.4) is 0 Å². The predicted octanol–water partition coefficient (Wildman–Crippen LogP) is 2.73. The fraction of sp³-hybridized carbons (Fsp3) is 0.227. The van der Waals surface area contributed by atoms with Crippen molar-refractivity contribution >= 4 is 28.4 Å². The first-order valence-electron chi connectivity index (χ1n) is 10.5. The zero-order chi connectivity index (χ0) is 22.9. The molecular formula is C22H22N8O2S. The van der Waals surface area contributed by atoms with E-state index < -0.39 is 0 Å². The molecule has 0 bridgehead atoms. The van der Waals surface area contributed by atoms with E-state index in [1.807, 2.05) is 66.8 Å². The van der Waals surface area contributed by atoms with Gasteiger partial charge in [0, 0.05) is 12.1 Å². The molecule has 5 rings (SSSR count). The molecule has 11 heteroatoms. The van der Waals surface area contributed by atoms with Gasteiger partial charge >= 0.3 is 0 Å². The molecule has 0 aliphatic rings. The molecule has 0 radical (unpaired) electrons. The predicted molar refractivity (Wildman–Crippen MR) is 127 cm³/mol. The molecule has 168 valence electrons. The maximum Gasteiger partial charge on any atom is 0.262 e. The number of para-hydroxylation sites is 1. The van der Waals surface area contributed by atoms with Crippen molar-refractivity contribution in [2.75, 3.05) is 12.4 Å². The van der Waals surface area contributed by atoms with Crippen LogP contribution in [0.15, 0.2) is 58.5 Å². The Morgan fingerprint density at radius 3 is 2.55 bits per heavy atom. The van der Waals surface area contributed by atoms with E-state index in [1.54, 1.807) is 4.57 Å². The molecule has 3 aromatic heterocycles. The number of nitrogens with zero attached hydrogens (tertiary/aromatic N) is 7. The number of benzene rings is 2. The van der Waals surface area contributed by atoms with Gasteiger partial charge in [-0.2, -0.15) is 0 Å². The van der Waals surface area contributed by atoms with Gasteiger partial charge in [0.15, 0.2) is 5.82 Å². The van der Waals surface area contributed by atoms with Crippen molar-refractivity contribution in [3.05, 3.63) is 64.7 Å². The van der Waals surface area contributed by atoms with Crippen molar-refractivity contribution in [1.82, 2.24) is 34.0 Å². The minimum Gasteiger partial charge on any atom is -0.494 e. The Bertz CT molecular complexity index is 1500. The van der Waals surface area contributed by atoms with E-state index in [9.17, 15) is 4.79 Å². The number of nitrogens with two attached hydrogens (primary N) is 1. The third-order valence-corrected chi connectivity index (χ3v) is 6.25. The highest BCUT2D eigenvalue weighted by Crippen LogP contribution is 2.26. The van der Waals surface area contributed by atoms with E-state index in [-0.39, 0.29) is 5.56 Å². The van der Waals surface area contributed by atoms with Gasteiger partial charge in [0.05, 0.1) is 23.3 Å². The second kappa shape index (κ2) is 8.58. The lowest BCUT2D eigenvalue weighted by atomic mass is 10.2. The molecule has 10 nitrogen and oxygen atoms in total. The molecule has 0 spiro atoms. The quantitative estimate of drug-likeness (QED) is 0.290. The molecule has 2 aromatic carbocycles. The Labute approximate surface area is 193 Å². The summed E-state index contributed by atoms with van der Waals surface area (Å²) in [5.74, 6) is 9.29. The van der Waals surface area contributed by atoms with Gasteiger partial charge in [-0.25, -0.2) is 4.68 Å². The van der Waals surface area contributed by atoms with Crippen molar-refractivity contribution in [3.8, 4) is 17.1 Å². The van der Waals surface area contributed by atoms with Crippen LogP contribution in [0.5, 0.6) is 5.75 Å². The Morgan fingerprint density at radius 2 is 1.79 bits per heavy atom. The molecule has 0 fully saturated rings. The van der Waals surface area contributed by atoms with Crippen LogP contribution in [0.4, 0.5) is 0 Å². The van der Waals surface area contributed by atoms with Crippen molar-refractivity contribution in [2.45, 2.75) is 31.3 Å². The van der Waals surface area contributed by atoms with Crippen LogP contribution < -0.4 is 16.1 Å². The molecule has 0 aliphatic carbocycles. The number of rotatable bonds is 7. The fourth-order valence-corrected chi connectivity index (χ4v) is 4.53. The van der Waals surface area contributed by atoms with Crippen molar-refractivity contribution in [3.63, 3.8) is 0 Å². The van der Waals surface area contributed by atoms with Gasteiger partial charge in [-0.15, -0.1) is 20.4 Å². The number of hydrogen-bond donors (Lipinski definition) is 1. The zero-order valence-corrected chi connectivity index (χ0v) is 19.0. The number of aromatic nitrogens is 7. The summed E-state index contributed by atoms with van der Waals surface area (Å²) in [6, 6.07) is 15.0. The second-order valence-electron chi connectivity index (χ2n) is 7.24. The second-order valence-corrected chi connectivity index (χ2v) is 8.18. The van der Waals surface area contributed by atoms with Gasteiger partial charge in [-0.3, -0.25) is 13.8 Å². The Hall–Kier alpha value is -3.86. The summed E-state index contributed by atoms with van der Waals surface area (Å²) < 4.78 is 10.5. The fourth-order valence-electron chi connectivity index (χ4n) is 3.76. The molecule has 0 aliphatic heterocycles. The minimum absolute atomic E-state index is 0.0751. The molecule has 0 saturated carbocycles. The maximum atomic E-state index is 12.8. The van der Waals surface area contributed by atoms with Crippen LogP contribution in [0, 0.1) is 0 Å².